The Kier molecular flexibility index (Phi) is 4.23. The summed E-state index contributed by atoms with van der Waals surface area (Å²) in [6.07, 6.45) is 2.16. The first-order valence-corrected chi connectivity index (χ1v) is 7.63. The van der Waals surface area contributed by atoms with E-state index < -0.39 is 0 Å². The van der Waals surface area contributed by atoms with Crippen LogP contribution in [0.4, 0.5) is 4.39 Å². The van der Waals surface area contributed by atoms with E-state index in [-0.39, 0.29) is 30.4 Å². The highest BCUT2D eigenvalue weighted by atomic mass is 19.1. The number of nitrogens with one attached hydrogen (secondary N) is 1. The maximum atomic E-state index is 13.5. The number of nitrogens with zero attached hydrogens (tertiary/aromatic N) is 2. The average Bonchev–Trinajstić information content (AvgIpc) is 3.35. The first-order valence-electron chi connectivity index (χ1n) is 7.63. The molecule has 5 nitrogen and oxygen atoms in total. The van der Waals surface area contributed by atoms with E-state index >= 15 is 0 Å². The largest absolute Gasteiger partial charge is 0.350 e. The number of rotatable bonds is 5. The molecule has 0 saturated heterocycles. The Morgan fingerprint density at radius 3 is 2.83 bits per heavy atom. The van der Waals surface area contributed by atoms with Crippen molar-refractivity contribution in [3.05, 3.63) is 63.3 Å². The van der Waals surface area contributed by atoms with E-state index in [1.807, 2.05) is 0 Å². The molecule has 0 aliphatic heterocycles. The van der Waals surface area contributed by atoms with E-state index in [0.29, 0.717) is 17.0 Å². The highest BCUT2D eigenvalue weighted by Gasteiger charge is 2.25. The first kappa shape index (κ1) is 15.4. The normalized spacial score (nSPS) is 13.8. The third-order valence-corrected chi connectivity index (χ3v) is 3.90. The summed E-state index contributed by atoms with van der Waals surface area (Å²) in [6, 6.07) is 8.00. The van der Waals surface area contributed by atoms with Crippen LogP contribution >= 0.6 is 0 Å². The van der Waals surface area contributed by atoms with Crippen molar-refractivity contribution in [3.63, 3.8) is 0 Å². The van der Waals surface area contributed by atoms with E-state index in [4.69, 9.17) is 0 Å². The average molecular weight is 315 g/mol. The van der Waals surface area contributed by atoms with E-state index in [9.17, 15) is 14.0 Å². The van der Waals surface area contributed by atoms with Gasteiger partial charge in [0.25, 0.3) is 5.56 Å². The number of amides is 1. The van der Waals surface area contributed by atoms with E-state index in [1.165, 1.54) is 16.8 Å². The van der Waals surface area contributed by atoms with Gasteiger partial charge in [-0.25, -0.2) is 9.07 Å². The molecule has 0 spiro atoms. The number of aromatic nitrogens is 2. The molecule has 23 heavy (non-hydrogen) atoms. The second kappa shape index (κ2) is 6.32. The number of hydrogen-bond acceptors (Lipinski definition) is 3. The molecule has 0 atom stereocenters. The van der Waals surface area contributed by atoms with Gasteiger partial charge in [0.2, 0.25) is 5.91 Å². The zero-order chi connectivity index (χ0) is 16.4. The number of benzene rings is 1. The molecule has 0 bridgehead atoms. The topological polar surface area (TPSA) is 64.0 Å². The Morgan fingerprint density at radius 2 is 2.13 bits per heavy atom. The minimum atomic E-state index is -0.325. The second-order valence-corrected chi connectivity index (χ2v) is 5.89. The minimum Gasteiger partial charge on any atom is -0.350 e. The summed E-state index contributed by atoms with van der Waals surface area (Å²) in [4.78, 5) is 23.8. The lowest BCUT2D eigenvalue weighted by Gasteiger charge is -2.08. The Bertz CT molecular complexity index is 797. The number of carbonyl (C=O) groups is 1. The van der Waals surface area contributed by atoms with Gasteiger partial charge in [-0.2, -0.15) is 5.10 Å². The lowest BCUT2D eigenvalue weighted by Crippen LogP contribution is -2.33. The molecule has 1 aliphatic carbocycles. The summed E-state index contributed by atoms with van der Waals surface area (Å²) in [5.41, 5.74) is 1.80. The molecule has 1 fully saturated rings. The van der Waals surface area contributed by atoms with Gasteiger partial charge in [-0.3, -0.25) is 9.59 Å². The summed E-state index contributed by atoms with van der Waals surface area (Å²) in [5, 5.41) is 6.92. The highest BCUT2D eigenvalue weighted by Crippen LogP contribution is 2.38. The Morgan fingerprint density at radius 1 is 1.35 bits per heavy atom. The fraction of sp³-hybridized carbons (Fsp3) is 0.353. The van der Waals surface area contributed by atoms with Crippen molar-refractivity contribution in [1.29, 1.82) is 0 Å². The van der Waals surface area contributed by atoms with Crippen molar-refractivity contribution in [1.82, 2.24) is 15.1 Å². The van der Waals surface area contributed by atoms with Gasteiger partial charge in [0.05, 0.1) is 5.69 Å². The highest BCUT2D eigenvalue weighted by molar-refractivity contribution is 5.75. The Hall–Kier alpha value is -2.50. The van der Waals surface area contributed by atoms with Crippen LogP contribution in [-0.2, 0) is 17.9 Å². The zero-order valence-electron chi connectivity index (χ0n) is 12.9. The van der Waals surface area contributed by atoms with Gasteiger partial charge in [0, 0.05) is 18.5 Å². The predicted molar refractivity (Wildman–Crippen MR) is 83.5 cm³/mol. The molecule has 2 aromatic rings. The third kappa shape index (κ3) is 3.83. The van der Waals surface area contributed by atoms with Gasteiger partial charge >= 0.3 is 0 Å². The van der Waals surface area contributed by atoms with Crippen molar-refractivity contribution < 1.29 is 9.18 Å². The second-order valence-electron chi connectivity index (χ2n) is 5.89. The molecule has 1 heterocycles. The van der Waals surface area contributed by atoms with Gasteiger partial charge < -0.3 is 5.32 Å². The monoisotopic (exact) mass is 315 g/mol. The molecule has 1 amide bonds. The van der Waals surface area contributed by atoms with Crippen LogP contribution in [0.3, 0.4) is 0 Å². The quantitative estimate of drug-likeness (QED) is 0.916. The summed E-state index contributed by atoms with van der Waals surface area (Å²) in [6.45, 7) is 1.77. The molecule has 1 saturated carbocycles. The number of hydrogen-bond donors (Lipinski definition) is 1. The summed E-state index contributed by atoms with van der Waals surface area (Å²) >= 11 is 0. The van der Waals surface area contributed by atoms with Crippen molar-refractivity contribution in [2.24, 2.45) is 0 Å². The van der Waals surface area contributed by atoms with Crippen molar-refractivity contribution in [2.45, 2.75) is 38.8 Å². The van der Waals surface area contributed by atoms with Crippen LogP contribution in [0.15, 0.2) is 35.1 Å². The van der Waals surface area contributed by atoms with Crippen molar-refractivity contribution in [2.75, 3.05) is 0 Å². The van der Waals surface area contributed by atoms with Gasteiger partial charge in [-0.1, -0.05) is 12.1 Å². The molecular weight excluding hydrogens is 297 g/mol. The molecular formula is C17H18FN3O2. The predicted octanol–water partition coefficient (Wildman–Crippen LogP) is 1.88. The lowest BCUT2D eigenvalue weighted by molar-refractivity contribution is -0.122. The Balaban J connectivity index is 1.61. The summed E-state index contributed by atoms with van der Waals surface area (Å²) in [7, 11) is 0. The maximum Gasteiger partial charge on any atom is 0.267 e. The summed E-state index contributed by atoms with van der Waals surface area (Å²) < 4.78 is 14.6. The van der Waals surface area contributed by atoms with Crippen molar-refractivity contribution >= 4 is 5.91 Å². The van der Waals surface area contributed by atoms with Crippen LogP contribution in [0.2, 0.25) is 0 Å². The number of carbonyl (C=O) groups excluding carboxylic acids is 1. The molecule has 1 N–H and O–H groups in total. The van der Waals surface area contributed by atoms with E-state index in [1.54, 1.807) is 25.1 Å². The van der Waals surface area contributed by atoms with E-state index in [0.717, 1.165) is 18.5 Å². The van der Waals surface area contributed by atoms with Crippen LogP contribution in [0.1, 0.15) is 35.6 Å². The molecule has 120 valence electrons. The SMILES string of the molecule is Cc1ccc(CNC(=O)Cn2nc(C3CC3)ccc2=O)cc1F. The molecule has 1 aliphatic rings. The Labute approximate surface area is 133 Å². The minimum absolute atomic E-state index is 0.131. The van der Waals surface area contributed by atoms with Crippen LogP contribution in [0.25, 0.3) is 0 Å². The third-order valence-electron chi connectivity index (χ3n) is 3.90. The lowest BCUT2D eigenvalue weighted by atomic mass is 10.1. The van der Waals surface area contributed by atoms with Crippen LogP contribution in [0.5, 0.6) is 0 Å². The fourth-order valence-electron chi connectivity index (χ4n) is 2.31. The van der Waals surface area contributed by atoms with Gasteiger partial charge in [-0.15, -0.1) is 0 Å². The zero-order valence-corrected chi connectivity index (χ0v) is 12.9. The van der Waals surface area contributed by atoms with Crippen LogP contribution < -0.4 is 10.9 Å². The fourth-order valence-corrected chi connectivity index (χ4v) is 2.31. The van der Waals surface area contributed by atoms with Crippen LogP contribution in [0, 0.1) is 12.7 Å². The van der Waals surface area contributed by atoms with Crippen molar-refractivity contribution in [3.8, 4) is 0 Å². The standard InChI is InChI=1S/C17H18FN3O2/c1-11-2-3-12(8-14(11)18)9-19-16(22)10-21-17(23)7-6-15(20-21)13-4-5-13/h2-3,6-8,13H,4-5,9-10H2,1H3,(H,19,22). The molecule has 0 unspecified atom stereocenters. The summed E-state index contributed by atoms with van der Waals surface area (Å²) in [5.74, 6) is -0.208. The first-order chi connectivity index (χ1) is 11.0. The maximum absolute atomic E-state index is 13.5. The molecule has 6 heteroatoms. The molecule has 3 rings (SSSR count). The molecule has 1 aromatic carbocycles. The molecule has 1 aromatic heterocycles. The van der Waals surface area contributed by atoms with Gasteiger partial charge in [0.1, 0.15) is 12.4 Å². The molecule has 0 radical (unpaired) electrons. The van der Waals surface area contributed by atoms with Crippen LogP contribution in [-0.4, -0.2) is 15.7 Å². The van der Waals surface area contributed by atoms with E-state index in [2.05, 4.69) is 10.4 Å². The van der Waals surface area contributed by atoms with Gasteiger partial charge in [-0.05, 0) is 43.0 Å². The number of halogens is 1. The van der Waals surface area contributed by atoms with Gasteiger partial charge in [0.15, 0.2) is 0 Å². The smallest absolute Gasteiger partial charge is 0.267 e. The number of aryl methyl sites for hydroxylation is 1.